The highest BCUT2D eigenvalue weighted by Gasteiger charge is 2.16. The van der Waals surface area contributed by atoms with Gasteiger partial charge in [-0.1, -0.05) is 35.3 Å². The largest absolute Gasteiger partial charge is 0.379 e. The first-order chi connectivity index (χ1) is 14.9. The first kappa shape index (κ1) is 23.7. The molecule has 3 rings (SSSR count). The minimum Gasteiger partial charge on any atom is -0.379 e. The van der Waals surface area contributed by atoms with Crippen LogP contribution in [0.2, 0.25) is 10.0 Å². The summed E-state index contributed by atoms with van der Waals surface area (Å²) in [5.41, 5.74) is 2.84. The summed E-state index contributed by atoms with van der Waals surface area (Å²) in [6.45, 7) is 5.58. The molecule has 0 bridgehead atoms. The lowest BCUT2D eigenvalue weighted by atomic mass is 10.2. The number of benzene rings is 2. The monoisotopic (exact) mass is 464 g/mol. The van der Waals surface area contributed by atoms with Crippen molar-refractivity contribution < 1.29 is 9.53 Å². The van der Waals surface area contributed by atoms with Crippen LogP contribution >= 0.6 is 23.2 Å². The Hall–Kier alpha value is -1.99. The van der Waals surface area contributed by atoms with E-state index in [4.69, 9.17) is 27.9 Å². The number of hydrogen-bond acceptors (Lipinski definition) is 4. The van der Waals surface area contributed by atoms with E-state index >= 15 is 0 Å². The van der Waals surface area contributed by atoms with Gasteiger partial charge in [-0.2, -0.15) is 0 Å². The number of nitrogens with one attached hydrogen (secondary N) is 1. The van der Waals surface area contributed by atoms with E-state index in [1.807, 2.05) is 19.0 Å². The van der Waals surface area contributed by atoms with E-state index in [2.05, 4.69) is 39.4 Å². The summed E-state index contributed by atoms with van der Waals surface area (Å²) in [4.78, 5) is 19.3. The zero-order chi connectivity index (χ0) is 22.2. The molecule has 0 aromatic heterocycles. The van der Waals surface area contributed by atoms with Gasteiger partial charge in [0.05, 0.1) is 23.3 Å². The van der Waals surface area contributed by atoms with Crippen LogP contribution in [0.25, 0.3) is 0 Å². The van der Waals surface area contributed by atoms with Crippen LogP contribution in [0.15, 0.2) is 42.5 Å². The number of morpholine rings is 1. The van der Waals surface area contributed by atoms with Crippen LogP contribution in [-0.4, -0.2) is 69.3 Å². The highest BCUT2D eigenvalue weighted by atomic mass is 35.5. The van der Waals surface area contributed by atoms with Gasteiger partial charge in [-0.15, -0.1) is 0 Å². The Morgan fingerprint density at radius 2 is 1.77 bits per heavy atom. The average Bonchev–Trinajstić information content (AvgIpc) is 2.76. The van der Waals surface area contributed by atoms with E-state index < -0.39 is 0 Å². The molecule has 0 atom stereocenters. The van der Waals surface area contributed by atoms with Crippen LogP contribution in [-0.2, 0) is 11.3 Å². The minimum absolute atomic E-state index is 0.156. The Morgan fingerprint density at radius 3 is 2.42 bits per heavy atom. The zero-order valence-corrected chi connectivity index (χ0v) is 19.6. The molecule has 6 nitrogen and oxygen atoms in total. The van der Waals surface area contributed by atoms with Crippen LogP contribution in [0.4, 0.5) is 16.2 Å². The fourth-order valence-electron chi connectivity index (χ4n) is 3.46. The van der Waals surface area contributed by atoms with Gasteiger partial charge in [0.25, 0.3) is 0 Å². The molecule has 1 aliphatic heterocycles. The summed E-state index contributed by atoms with van der Waals surface area (Å²) in [5, 5.41) is 3.83. The number of halogens is 2. The van der Waals surface area contributed by atoms with E-state index in [1.165, 1.54) is 0 Å². The third-order valence-corrected chi connectivity index (χ3v) is 6.03. The quantitative estimate of drug-likeness (QED) is 0.608. The smallest absolute Gasteiger partial charge is 0.322 e. The molecule has 8 heteroatoms. The second-order valence-corrected chi connectivity index (χ2v) is 8.66. The van der Waals surface area contributed by atoms with Crippen molar-refractivity contribution in [2.24, 2.45) is 0 Å². The number of rotatable bonds is 8. The van der Waals surface area contributed by atoms with Crippen LogP contribution in [0.1, 0.15) is 12.0 Å². The van der Waals surface area contributed by atoms with Crippen molar-refractivity contribution in [3.05, 3.63) is 58.1 Å². The SMILES string of the molecule is CN(C)c1ccc(CN(CCCN2CCOCC2)C(=O)Nc2ccc(Cl)c(Cl)c2)cc1. The number of amides is 2. The fraction of sp³-hybridized carbons (Fsp3) is 0.435. The lowest BCUT2D eigenvalue weighted by Gasteiger charge is -2.28. The van der Waals surface area contributed by atoms with Crippen molar-refractivity contribution in [1.29, 1.82) is 0 Å². The van der Waals surface area contributed by atoms with Gasteiger partial charge in [-0.3, -0.25) is 4.90 Å². The van der Waals surface area contributed by atoms with Crippen molar-refractivity contribution in [3.8, 4) is 0 Å². The lowest BCUT2D eigenvalue weighted by molar-refractivity contribution is 0.0365. The predicted molar refractivity (Wildman–Crippen MR) is 129 cm³/mol. The van der Waals surface area contributed by atoms with E-state index in [0.29, 0.717) is 28.8 Å². The van der Waals surface area contributed by atoms with Crippen molar-refractivity contribution in [2.75, 3.05) is 63.7 Å². The Bertz CT molecular complexity index is 855. The maximum absolute atomic E-state index is 13.1. The van der Waals surface area contributed by atoms with Gasteiger partial charge in [0.2, 0.25) is 0 Å². The maximum Gasteiger partial charge on any atom is 0.322 e. The molecule has 1 N–H and O–H groups in total. The molecule has 2 amide bonds. The summed E-state index contributed by atoms with van der Waals surface area (Å²) in [6, 6.07) is 13.2. The molecule has 31 heavy (non-hydrogen) atoms. The van der Waals surface area contributed by atoms with E-state index in [-0.39, 0.29) is 6.03 Å². The van der Waals surface area contributed by atoms with Gasteiger partial charge < -0.3 is 19.9 Å². The average molecular weight is 465 g/mol. The van der Waals surface area contributed by atoms with Gasteiger partial charge in [0, 0.05) is 58.2 Å². The van der Waals surface area contributed by atoms with E-state index in [1.54, 1.807) is 18.2 Å². The number of nitrogens with zero attached hydrogens (tertiary/aromatic N) is 3. The molecule has 1 saturated heterocycles. The molecular weight excluding hydrogens is 435 g/mol. The molecule has 0 saturated carbocycles. The molecular formula is C23H30Cl2N4O2. The molecule has 1 heterocycles. The van der Waals surface area contributed by atoms with Gasteiger partial charge in [-0.05, 0) is 42.3 Å². The summed E-state index contributed by atoms with van der Waals surface area (Å²) in [5.74, 6) is 0. The molecule has 168 valence electrons. The Balaban J connectivity index is 1.65. The number of ether oxygens (including phenoxy) is 1. The number of hydrogen-bond donors (Lipinski definition) is 1. The topological polar surface area (TPSA) is 48.1 Å². The van der Waals surface area contributed by atoms with Crippen LogP contribution in [0.3, 0.4) is 0 Å². The minimum atomic E-state index is -0.156. The fourth-order valence-corrected chi connectivity index (χ4v) is 3.76. The molecule has 1 fully saturated rings. The number of carbonyl (C=O) groups excluding carboxylic acids is 1. The summed E-state index contributed by atoms with van der Waals surface area (Å²) in [6.07, 6.45) is 0.893. The predicted octanol–water partition coefficient (Wildman–Crippen LogP) is 4.82. The van der Waals surface area contributed by atoms with Crippen molar-refractivity contribution in [1.82, 2.24) is 9.80 Å². The maximum atomic E-state index is 13.1. The van der Waals surface area contributed by atoms with Crippen LogP contribution in [0, 0.1) is 0 Å². The Morgan fingerprint density at radius 1 is 1.06 bits per heavy atom. The number of carbonyl (C=O) groups is 1. The van der Waals surface area contributed by atoms with Crippen molar-refractivity contribution >= 4 is 40.6 Å². The highest BCUT2D eigenvalue weighted by molar-refractivity contribution is 6.42. The standard InChI is InChI=1S/C23H30Cl2N4O2/c1-27(2)20-7-4-18(5-8-20)17-29(11-3-10-28-12-14-31-15-13-28)23(30)26-19-6-9-21(24)22(25)16-19/h4-9,16H,3,10-15,17H2,1-2H3,(H,26,30). The normalized spacial score (nSPS) is 14.3. The molecule has 0 spiro atoms. The van der Waals surface area contributed by atoms with E-state index in [0.717, 1.165) is 50.5 Å². The first-order valence-corrected chi connectivity index (χ1v) is 11.3. The Kier molecular flexibility index (Phi) is 8.84. The van der Waals surface area contributed by atoms with Gasteiger partial charge in [0.15, 0.2) is 0 Å². The zero-order valence-electron chi connectivity index (χ0n) is 18.1. The molecule has 0 radical (unpaired) electrons. The lowest BCUT2D eigenvalue weighted by Crippen LogP contribution is -2.40. The second kappa shape index (κ2) is 11.6. The number of anilines is 2. The van der Waals surface area contributed by atoms with Gasteiger partial charge in [0.1, 0.15) is 0 Å². The second-order valence-electron chi connectivity index (χ2n) is 7.85. The molecule has 2 aromatic rings. The van der Waals surface area contributed by atoms with E-state index in [9.17, 15) is 4.79 Å². The number of urea groups is 1. The summed E-state index contributed by atoms with van der Waals surface area (Å²) < 4.78 is 5.42. The summed E-state index contributed by atoms with van der Waals surface area (Å²) >= 11 is 12.1. The highest BCUT2D eigenvalue weighted by Crippen LogP contribution is 2.25. The van der Waals surface area contributed by atoms with Crippen molar-refractivity contribution in [3.63, 3.8) is 0 Å². The Labute approximate surface area is 194 Å². The first-order valence-electron chi connectivity index (χ1n) is 10.5. The molecule has 2 aromatic carbocycles. The molecule has 0 aliphatic carbocycles. The van der Waals surface area contributed by atoms with Crippen molar-refractivity contribution in [2.45, 2.75) is 13.0 Å². The molecule has 1 aliphatic rings. The molecule has 0 unspecified atom stereocenters. The third kappa shape index (κ3) is 7.28. The van der Waals surface area contributed by atoms with Crippen LogP contribution in [0.5, 0.6) is 0 Å². The van der Waals surface area contributed by atoms with Gasteiger partial charge >= 0.3 is 6.03 Å². The van der Waals surface area contributed by atoms with Crippen LogP contribution < -0.4 is 10.2 Å². The van der Waals surface area contributed by atoms with Gasteiger partial charge in [-0.25, -0.2) is 4.79 Å². The summed E-state index contributed by atoms with van der Waals surface area (Å²) in [7, 11) is 4.02. The third-order valence-electron chi connectivity index (χ3n) is 5.29.